The summed E-state index contributed by atoms with van der Waals surface area (Å²) in [4.78, 5) is 22.8. The molecule has 1 aromatic carbocycles. The van der Waals surface area contributed by atoms with Crippen LogP contribution in [0.2, 0.25) is 0 Å². The van der Waals surface area contributed by atoms with Crippen molar-refractivity contribution in [3.63, 3.8) is 0 Å². The molecule has 6 rings (SSSR count). The molecule has 2 saturated heterocycles. The average Bonchev–Trinajstić information content (AvgIpc) is 3.60. The van der Waals surface area contributed by atoms with Gasteiger partial charge in [-0.05, 0) is 43.5 Å². The molecular weight excluding hydrogens is 422 g/mol. The van der Waals surface area contributed by atoms with E-state index in [0.29, 0.717) is 29.6 Å². The zero-order valence-electron chi connectivity index (χ0n) is 18.0. The van der Waals surface area contributed by atoms with Crippen LogP contribution in [0.5, 0.6) is 0 Å². The lowest BCUT2D eigenvalue weighted by Gasteiger charge is -2.22. The van der Waals surface area contributed by atoms with Crippen LogP contribution >= 0.6 is 0 Å². The van der Waals surface area contributed by atoms with Crippen molar-refractivity contribution in [3.8, 4) is 5.69 Å². The molecule has 1 amide bonds. The van der Waals surface area contributed by atoms with Crippen molar-refractivity contribution >= 4 is 34.4 Å². The van der Waals surface area contributed by atoms with E-state index in [1.54, 1.807) is 17.1 Å². The second kappa shape index (κ2) is 8.24. The fourth-order valence-corrected chi connectivity index (χ4v) is 4.34. The highest BCUT2D eigenvalue weighted by molar-refractivity contribution is 5.95. The number of nitrogens with one attached hydrogen (secondary N) is 1. The van der Waals surface area contributed by atoms with E-state index in [9.17, 15) is 4.79 Å². The van der Waals surface area contributed by atoms with Crippen LogP contribution in [0.15, 0.2) is 42.9 Å². The van der Waals surface area contributed by atoms with Gasteiger partial charge in [0.2, 0.25) is 11.9 Å². The summed E-state index contributed by atoms with van der Waals surface area (Å²) < 4.78 is 9.08. The molecule has 3 aromatic heterocycles. The Kier molecular flexibility index (Phi) is 4.95. The van der Waals surface area contributed by atoms with E-state index >= 15 is 0 Å². The molecule has 168 valence electrons. The Morgan fingerprint density at radius 1 is 1.06 bits per heavy atom. The molecule has 0 bridgehead atoms. The molecule has 0 spiro atoms. The minimum Gasteiger partial charge on any atom is -0.381 e. The van der Waals surface area contributed by atoms with Crippen molar-refractivity contribution in [1.29, 1.82) is 0 Å². The third kappa shape index (κ3) is 3.80. The SMILES string of the molecule is O=C1CCCN1c1ccc(-n2nnc3cnc(Nc4cnn(C5CCOCC5)c4)nc32)cc1. The van der Waals surface area contributed by atoms with Crippen molar-refractivity contribution < 1.29 is 9.53 Å². The summed E-state index contributed by atoms with van der Waals surface area (Å²) in [5.41, 5.74) is 3.71. The average molecular weight is 445 g/mol. The topological polar surface area (TPSA) is 116 Å². The fraction of sp³-hybridized carbons (Fsp3) is 0.364. The molecule has 5 heterocycles. The molecule has 11 heteroatoms. The van der Waals surface area contributed by atoms with Gasteiger partial charge in [0.1, 0.15) is 0 Å². The monoisotopic (exact) mass is 445 g/mol. The molecule has 2 aliphatic rings. The number of carbonyl (C=O) groups is 1. The highest BCUT2D eigenvalue weighted by Gasteiger charge is 2.22. The Hall–Kier alpha value is -3.86. The molecule has 2 aliphatic heterocycles. The summed E-state index contributed by atoms with van der Waals surface area (Å²) >= 11 is 0. The molecule has 33 heavy (non-hydrogen) atoms. The Bertz CT molecular complexity index is 1290. The van der Waals surface area contributed by atoms with Crippen LogP contribution in [0.4, 0.5) is 17.3 Å². The highest BCUT2D eigenvalue weighted by Crippen LogP contribution is 2.25. The predicted molar refractivity (Wildman–Crippen MR) is 121 cm³/mol. The maximum atomic E-state index is 12.0. The summed E-state index contributed by atoms with van der Waals surface area (Å²) in [6, 6.07) is 8.04. The number of benzene rings is 1. The van der Waals surface area contributed by atoms with Crippen LogP contribution < -0.4 is 10.2 Å². The summed E-state index contributed by atoms with van der Waals surface area (Å²) in [5, 5.41) is 16.1. The summed E-state index contributed by atoms with van der Waals surface area (Å²) in [5.74, 6) is 0.606. The first kappa shape index (κ1) is 19.8. The number of aromatic nitrogens is 7. The second-order valence-corrected chi connectivity index (χ2v) is 8.25. The Labute approximate surface area is 189 Å². The van der Waals surface area contributed by atoms with Gasteiger partial charge in [0.05, 0.1) is 29.8 Å². The van der Waals surface area contributed by atoms with Gasteiger partial charge in [-0.25, -0.2) is 4.98 Å². The van der Waals surface area contributed by atoms with Gasteiger partial charge >= 0.3 is 0 Å². The van der Waals surface area contributed by atoms with E-state index in [4.69, 9.17) is 4.74 Å². The van der Waals surface area contributed by atoms with Gasteiger partial charge in [-0.3, -0.25) is 9.48 Å². The van der Waals surface area contributed by atoms with Crippen molar-refractivity contribution in [3.05, 3.63) is 42.9 Å². The fourth-order valence-electron chi connectivity index (χ4n) is 4.34. The number of ether oxygens (including phenoxy) is 1. The molecule has 4 aromatic rings. The van der Waals surface area contributed by atoms with Gasteiger partial charge in [0.25, 0.3) is 0 Å². The standard InChI is InChI=1S/C22H23N9O2/c32-20-2-1-9-29(20)16-3-5-18(6-4-16)31-21-19(27-28-31)13-23-22(26-21)25-15-12-24-30(14-15)17-7-10-33-11-8-17/h3-6,12-14,17H,1-2,7-11H2,(H,23,25,26). The Morgan fingerprint density at radius 3 is 2.67 bits per heavy atom. The Morgan fingerprint density at radius 2 is 1.88 bits per heavy atom. The number of hydrogen-bond acceptors (Lipinski definition) is 8. The molecule has 0 atom stereocenters. The smallest absolute Gasteiger partial charge is 0.229 e. The third-order valence-electron chi connectivity index (χ3n) is 6.09. The maximum absolute atomic E-state index is 12.0. The lowest BCUT2D eigenvalue weighted by atomic mass is 10.1. The predicted octanol–water partition coefficient (Wildman–Crippen LogP) is 2.63. The number of hydrogen-bond donors (Lipinski definition) is 1. The van der Waals surface area contributed by atoms with Crippen LogP contribution in [0.25, 0.3) is 16.9 Å². The number of carbonyl (C=O) groups excluding carboxylic acids is 1. The number of rotatable bonds is 5. The lowest BCUT2D eigenvalue weighted by molar-refractivity contribution is -0.117. The zero-order chi connectivity index (χ0) is 22.2. The molecule has 0 radical (unpaired) electrons. The van der Waals surface area contributed by atoms with Gasteiger partial charge in [0.15, 0.2) is 11.2 Å². The van der Waals surface area contributed by atoms with Crippen LogP contribution in [-0.2, 0) is 9.53 Å². The molecule has 2 fully saturated rings. The van der Waals surface area contributed by atoms with Crippen LogP contribution in [0.1, 0.15) is 31.7 Å². The molecule has 0 aliphatic carbocycles. The molecule has 0 saturated carbocycles. The quantitative estimate of drug-likeness (QED) is 0.498. The summed E-state index contributed by atoms with van der Waals surface area (Å²) in [6.07, 6.45) is 8.81. The van der Waals surface area contributed by atoms with E-state index in [0.717, 1.165) is 56.1 Å². The highest BCUT2D eigenvalue weighted by atomic mass is 16.5. The van der Waals surface area contributed by atoms with Gasteiger partial charge in [-0.15, -0.1) is 5.10 Å². The van der Waals surface area contributed by atoms with Crippen LogP contribution in [0, 0.1) is 0 Å². The van der Waals surface area contributed by atoms with Gasteiger partial charge in [-0.2, -0.15) is 14.8 Å². The molecule has 1 N–H and O–H groups in total. The normalized spacial score (nSPS) is 17.2. The zero-order valence-corrected chi connectivity index (χ0v) is 18.0. The molecule has 11 nitrogen and oxygen atoms in total. The van der Waals surface area contributed by atoms with Crippen LogP contribution in [-0.4, -0.2) is 60.4 Å². The Balaban J connectivity index is 1.24. The first-order chi connectivity index (χ1) is 16.2. The lowest BCUT2D eigenvalue weighted by Crippen LogP contribution is -2.23. The minimum absolute atomic E-state index is 0.164. The van der Waals surface area contributed by atoms with Crippen LogP contribution in [0.3, 0.4) is 0 Å². The molecule has 0 unspecified atom stereocenters. The molecular formula is C22H23N9O2. The van der Waals surface area contributed by atoms with Crippen molar-refractivity contribution in [1.82, 2.24) is 34.7 Å². The minimum atomic E-state index is 0.164. The summed E-state index contributed by atoms with van der Waals surface area (Å²) in [7, 11) is 0. The maximum Gasteiger partial charge on any atom is 0.229 e. The number of nitrogens with zero attached hydrogens (tertiary/aromatic N) is 8. The van der Waals surface area contributed by atoms with Crippen molar-refractivity contribution in [2.45, 2.75) is 31.7 Å². The van der Waals surface area contributed by atoms with E-state index in [2.05, 4.69) is 30.7 Å². The van der Waals surface area contributed by atoms with E-state index in [1.165, 1.54) is 0 Å². The van der Waals surface area contributed by atoms with Gasteiger partial charge in [-0.1, -0.05) is 5.21 Å². The number of fused-ring (bicyclic) bond motifs is 1. The van der Waals surface area contributed by atoms with E-state index < -0.39 is 0 Å². The van der Waals surface area contributed by atoms with Crippen molar-refractivity contribution in [2.75, 3.05) is 30.0 Å². The van der Waals surface area contributed by atoms with E-state index in [-0.39, 0.29) is 5.91 Å². The first-order valence-electron chi connectivity index (χ1n) is 11.1. The van der Waals surface area contributed by atoms with Gasteiger partial charge < -0.3 is 15.0 Å². The van der Waals surface area contributed by atoms with Gasteiger partial charge in [0, 0.05) is 38.1 Å². The van der Waals surface area contributed by atoms with E-state index in [1.807, 2.05) is 40.0 Å². The first-order valence-corrected chi connectivity index (χ1v) is 11.1. The number of amides is 1. The second-order valence-electron chi connectivity index (χ2n) is 8.25. The third-order valence-corrected chi connectivity index (χ3v) is 6.09. The number of anilines is 3. The largest absolute Gasteiger partial charge is 0.381 e. The van der Waals surface area contributed by atoms with Crippen molar-refractivity contribution in [2.24, 2.45) is 0 Å². The summed E-state index contributed by atoms with van der Waals surface area (Å²) in [6.45, 7) is 2.29.